The molecule has 0 heterocycles. The summed E-state index contributed by atoms with van der Waals surface area (Å²) < 4.78 is 38.2. The van der Waals surface area contributed by atoms with Crippen molar-refractivity contribution < 1.29 is 17.2 Å². The molecule has 0 unspecified atom stereocenters. The van der Waals surface area contributed by atoms with Gasteiger partial charge in [-0.2, -0.15) is 0 Å². The van der Waals surface area contributed by atoms with Crippen molar-refractivity contribution in [2.24, 2.45) is 46.3 Å². The Morgan fingerprint density at radius 3 is 2.41 bits per heavy atom. The van der Waals surface area contributed by atoms with Crippen molar-refractivity contribution in [2.75, 3.05) is 0 Å². The summed E-state index contributed by atoms with van der Waals surface area (Å²) in [6.07, 6.45) is 14.9. The van der Waals surface area contributed by atoms with Crippen LogP contribution in [-0.4, -0.2) is 19.1 Å². The van der Waals surface area contributed by atoms with Crippen LogP contribution in [0.1, 0.15) is 105 Å². The van der Waals surface area contributed by atoms with Gasteiger partial charge in [-0.25, -0.2) is 8.42 Å². The highest BCUT2D eigenvalue weighted by atomic mass is 32.3. The Kier molecular flexibility index (Phi) is 6.95. The Morgan fingerprint density at radius 1 is 1.03 bits per heavy atom. The average molecular weight is 466 g/mol. The van der Waals surface area contributed by atoms with Gasteiger partial charge in [0.2, 0.25) is 10.4 Å². The lowest BCUT2D eigenvalue weighted by molar-refractivity contribution is -0.0375. The minimum Gasteiger partial charge on any atom is -0.726 e. The molecule has 0 N–H and O–H groups in total. The molecule has 0 aromatic carbocycles. The van der Waals surface area contributed by atoms with Gasteiger partial charge < -0.3 is 4.55 Å². The monoisotopic (exact) mass is 465 g/mol. The van der Waals surface area contributed by atoms with E-state index in [0.29, 0.717) is 30.1 Å². The molecule has 5 heteroatoms. The largest absolute Gasteiger partial charge is 0.726 e. The van der Waals surface area contributed by atoms with Gasteiger partial charge in [0.05, 0.1) is 6.10 Å². The first-order valence-electron chi connectivity index (χ1n) is 13.3. The van der Waals surface area contributed by atoms with E-state index in [1.54, 1.807) is 5.57 Å². The van der Waals surface area contributed by atoms with Gasteiger partial charge in [0.1, 0.15) is 0 Å². The van der Waals surface area contributed by atoms with E-state index in [4.69, 9.17) is 4.18 Å². The van der Waals surface area contributed by atoms with Crippen molar-refractivity contribution in [3.63, 3.8) is 0 Å². The Bertz CT molecular complexity index is 818. The van der Waals surface area contributed by atoms with Crippen LogP contribution in [0.5, 0.6) is 0 Å². The lowest BCUT2D eigenvalue weighted by Gasteiger charge is -2.58. The Labute approximate surface area is 196 Å². The summed E-state index contributed by atoms with van der Waals surface area (Å²) >= 11 is 0. The molecule has 3 fully saturated rings. The van der Waals surface area contributed by atoms with Crippen molar-refractivity contribution in [3.05, 3.63) is 11.6 Å². The molecule has 0 aromatic rings. The van der Waals surface area contributed by atoms with Crippen LogP contribution in [0, 0.1) is 46.3 Å². The number of allylic oxidation sites excluding steroid dienone is 2. The third-order valence-corrected chi connectivity index (χ3v) is 11.0. The molecule has 4 aliphatic rings. The smallest absolute Gasteiger partial charge is 0.217 e. The molecule has 4 aliphatic carbocycles. The van der Waals surface area contributed by atoms with E-state index in [-0.39, 0.29) is 5.41 Å². The second kappa shape index (κ2) is 9.00. The zero-order valence-corrected chi connectivity index (χ0v) is 21.8. The van der Waals surface area contributed by atoms with Crippen molar-refractivity contribution in [3.8, 4) is 0 Å². The molecular weight excluding hydrogens is 420 g/mol. The van der Waals surface area contributed by atoms with Crippen molar-refractivity contribution in [2.45, 2.75) is 111 Å². The first-order chi connectivity index (χ1) is 14.9. The molecule has 0 amide bonds. The number of hydrogen-bond donors (Lipinski definition) is 0. The second-order valence-electron chi connectivity index (χ2n) is 12.7. The first kappa shape index (κ1) is 24.7. The maximum Gasteiger partial charge on any atom is 0.217 e. The summed E-state index contributed by atoms with van der Waals surface area (Å²) in [6, 6.07) is 0. The predicted octanol–water partition coefficient (Wildman–Crippen LogP) is 6.87. The minimum absolute atomic E-state index is 0.221. The van der Waals surface area contributed by atoms with Crippen LogP contribution in [0.15, 0.2) is 11.6 Å². The fourth-order valence-corrected chi connectivity index (χ4v) is 9.26. The summed E-state index contributed by atoms with van der Waals surface area (Å²) in [7, 11) is -4.62. The molecule has 0 saturated heterocycles. The fraction of sp³-hybridized carbons (Fsp3) is 0.926. The maximum absolute atomic E-state index is 11.1. The van der Waals surface area contributed by atoms with Crippen molar-refractivity contribution in [1.29, 1.82) is 0 Å². The lowest BCUT2D eigenvalue weighted by Crippen LogP contribution is -2.50. The second-order valence-corrected chi connectivity index (χ2v) is 13.7. The standard InChI is InChI=1S/C27H46O4S/c1-18(2)7-6-8-19(3)23-11-12-24-22-10-9-20-17-21(31-32(28,29)30)13-15-26(20,4)25(22)14-16-27(23,24)5/h10,18-21,23-25H,6-9,11-17H2,1-5H3,(H,28,29,30)/p-1/t19-,20+,21+,23-,24+,25+,26+,27-/m1/s1. The fourth-order valence-electron chi connectivity index (χ4n) is 8.75. The summed E-state index contributed by atoms with van der Waals surface area (Å²) in [4.78, 5) is 0. The zero-order chi connectivity index (χ0) is 23.3. The third kappa shape index (κ3) is 4.60. The molecule has 0 aromatic heterocycles. The SMILES string of the molecule is CC(C)CCC[C@@H](C)[C@H]1CC[C@H]2C3=CC[C@H]4C[C@@H](OS(=O)(=O)[O-])CC[C@]4(C)[C@H]3CC[C@]12C. The van der Waals surface area contributed by atoms with Crippen LogP contribution in [0.2, 0.25) is 0 Å². The van der Waals surface area contributed by atoms with Gasteiger partial charge in [-0.3, -0.25) is 4.18 Å². The van der Waals surface area contributed by atoms with E-state index in [0.717, 1.165) is 36.5 Å². The summed E-state index contributed by atoms with van der Waals surface area (Å²) in [6.45, 7) is 12.2. The highest BCUT2D eigenvalue weighted by molar-refractivity contribution is 7.80. The minimum atomic E-state index is -4.62. The topological polar surface area (TPSA) is 66.4 Å². The average Bonchev–Trinajstić information content (AvgIpc) is 3.04. The molecule has 32 heavy (non-hydrogen) atoms. The number of fused-ring (bicyclic) bond motifs is 5. The highest BCUT2D eigenvalue weighted by Gasteiger charge is 2.58. The van der Waals surface area contributed by atoms with Crippen LogP contribution >= 0.6 is 0 Å². The van der Waals surface area contributed by atoms with Gasteiger partial charge in [0.25, 0.3) is 0 Å². The van der Waals surface area contributed by atoms with Gasteiger partial charge in [0.15, 0.2) is 0 Å². The van der Waals surface area contributed by atoms with Gasteiger partial charge in [-0.1, -0.05) is 65.5 Å². The van der Waals surface area contributed by atoms with Gasteiger partial charge >= 0.3 is 0 Å². The molecule has 0 aliphatic heterocycles. The molecular formula is C27H45O4S-. The number of hydrogen-bond acceptors (Lipinski definition) is 4. The molecule has 0 radical (unpaired) electrons. The Balaban J connectivity index is 1.47. The van der Waals surface area contributed by atoms with E-state index in [1.807, 2.05) is 0 Å². The Morgan fingerprint density at radius 2 is 1.72 bits per heavy atom. The first-order valence-corrected chi connectivity index (χ1v) is 14.6. The van der Waals surface area contributed by atoms with E-state index >= 15 is 0 Å². The molecule has 3 saturated carbocycles. The van der Waals surface area contributed by atoms with E-state index < -0.39 is 16.5 Å². The highest BCUT2D eigenvalue weighted by Crippen LogP contribution is 2.67. The van der Waals surface area contributed by atoms with Crippen LogP contribution in [0.3, 0.4) is 0 Å². The Hall–Kier alpha value is -0.390. The van der Waals surface area contributed by atoms with E-state index in [2.05, 4.69) is 40.7 Å². The molecule has 4 nitrogen and oxygen atoms in total. The maximum atomic E-state index is 11.1. The third-order valence-electron chi connectivity index (χ3n) is 10.5. The van der Waals surface area contributed by atoms with Crippen LogP contribution < -0.4 is 0 Å². The summed E-state index contributed by atoms with van der Waals surface area (Å²) in [5.74, 6) is 4.24. The predicted molar refractivity (Wildman–Crippen MR) is 128 cm³/mol. The molecule has 0 spiro atoms. The van der Waals surface area contributed by atoms with Crippen LogP contribution in [-0.2, 0) is 14.6 Å². The van der Waals surface area contributed by atoms with Crippen molar-refractivity contribution >= 4 is 10.4 Å². The summed E-state index contributed by atoms with van der Waals surface area (Å²) in [5.41, 5.74) is 2.41. The number of rotatable bonds is 7. The molecule has 0 bridgehead atoms. The van der Waals surface area contributed by atoms with Gasteiger partial charge in [-0.15, -0.1) is 0 Å². The molecule has 184 valence electrons. The summed E-state index contributed by atoms with van der Waals surface area (Å²) in [5, 5.41) is 0. The lowest BCUT2D eigenvalue weighted by atomic mass is 9.47. The zero-order valence-electron chi connectivity index (χ0n) is 20.9. The van der Waals surface area contributed by atoms with E-state index in [1.165, 1.54) is 44.9 Å². The van der Waals surface area contributed by atoms with Crippen LogP contribution in [0.4, 0.5) is 0 Å². The van der Waals surface area contributed by atoms with E-state index in [9.17, 15) is 13.0 Å². The van der Waals surface area contributed by atoms with Crippen LogP contribution in [0.25, 0.3) is 0 Å². The van der Waals surface area contributed by atoms with Gasteiger partial charge in [-0.05, 0) is 97.7 Å². The normalized spacial score (nSPS) is 42.7. The van der Waals surface area contributed by atoms with Gasteiger partial charge in [0, 0.05) is 0 Å². The molecule has 8 atom stereocenters. The molecule has 4 rings (SSSR count). The quantitative estimate of drug-likeness (QED) is 0.234. The van der Waals surface area contributed by atoms with Crippen molar-refractivity contribution in [1.82, 2.24) is 0 Å².